The van der Waals surface area contributed by atoms with Gasteiger partial charge in [0.25, 0.3) is 0 Å². The van der Waals surface area contributed by atoms with Crippen LogP contribution < -0.4 is 0 Å². The Labute approximate surface area is 109 Å². The van der Waals surface area contributed by atoms with Crippen LogP contribution in [0.2, 0.25) is 0 Å². The minimum atomic E-state index is 0.656. The molecule has 0 radical (unpaired) electrons. The molecule has 4 nitrogen and oxygen atoms in total. The lowest BCUT2D eigenvalue weighted by Crippen LogP contribution is -2.28. The third-order valence-electron chi connectivity index (χ3n) is 3.14. The van der Waals surface area contributed by atoms with Crippen LogP contribution in [0.15, 0.2) is 29.6 Å². The molecule has 0 bridgehead atoms. The maximum Gasteiger partial charge on any atom is 0.129 e. The summed E-state index contributed by atoms with van der Waals surface area (Å²) in [6.45, 7) is 4.03. The molecule has 18 heavy (non-hydrogen) atoms. The summed E-state index contributed by atoms with van der Waals surface area (Å²) in [5, 5.41) is 3.94. The zero-order chi connectivity index (χ0) is 12.5. The van der Waals surface area contributed by atoms with Crippen LogP contribution in [0, 0.1) is 0 Å². The molecule has 1 aromatic rings. The van der Waals surface area contributed by atoms with E-state index in [0.717, 1.165) is 12.2 Å². The molecule has 98 valence electrons. The highest BCUT2D eigenvalue weighted by molar-refractivity contribution is 5.76. The summed E-state index contributed by atoms with van der Waals surface area (Å²) >= 11 is 0. The Kier molecular flexibility index (Phi) is 5.66. The largest absolute Gasteiger partial charge is 0.394 e. The molecule has 1 saturated heterocycles. The first-order valence-electron chi connectivity index (χ1n) is 6.74. The summed E-state index contributed by atoms with van der Waals surface area (Å²) in [5.74, 6) is 0. The molecule has 0 aromatic carbocycles. The van der Waals surface area contributed by atoms with Crippen LogP contribution in [0.4, 0.5) is 0 Å². The van der Waals surface area contributed by atoms with Gasteiger partial charge in [-0.15, -0.1) is 0 Å². The monoisotopic (exact) mass is 247 g/mol. The van der Waals surface area contributed by atoms with E-state index in [9.17, 15) is 0 Å². The molecule has 2 rings (SSSR count). The summed E-state index contributed by atoms with van der Waals surface area (Å²) in [6, 6.07) is 5.73. The van der Waals surface area contributed by atoms with Gasteiger partial charge < -0.3 is 4.84 Å². The Morgan fingerprint density at radius 3 is 2.78 bits per heavy atom. The quantitative estimate of drug-likeness (QED) is 0.455. The average Bonchev–Trinajstić information content (AvgIpc) is 2.68. The third-order valence-corrected chi connectivity index (χ3v) is 3.14. The number of hydrogen-bond donors (Lipinski definition) is 0. The molecule has 1 aliphatic heterocycles. The van der Waals surface area contributed by atoms with Gasteiger partial charge in [-0.1, -0.05) is 24.1 Å². The van der Waals surface area contributed by atoms with Crippen LogP contribution >= 0.6 is 0 Å². The van der Waals surface area contributed by atoms with E-state index in [-0.39, 0.29) is 0 Å². The molecule has 0 unspecified atom stereocenters. The first-order chi connectivity index (χ1) is 8.95. The Hall–Kier alpha value is -1.42. The molecule has 2 heterocycles. The lowest BCUT2D eigenvalue weighted by Gasteiger charge is -2.18. The molecular formula is C14H21N3O. The number of nitrogens with zero attached hydrogens (tertiary/aromatic N) is 3. The highest BCUT2D eigenvalue weighted by Crippen LogP contribution is 2.08. The number of pyridine rings is 1. The van der Waals surface area contributed by atoms with Crippen LogP contribution in [0.1, 0.15) is 31.4 Å². The van der Waals surface area contributed by atoms with Gasteiger partial charge in [-0.3, -0.25) is 9.88 Å². The topological polar surface area (TPSA) is 37.7 Å². The second-order valence-corrected chi connectivity index (χ2v) is 4.58. The van der Waals surface area contributed by atoms with E-state index >= 15 is 0 Å². The van der Waals surface area contributed by atoms with Crippen molar-refractivity contribution in [2.24, 2.45) is 5.16 Å². The maximum atomic E-state index is 5.27. The first-order valence-corrected chi connectivity index (χ1v) is 6.74. The van der Waals surface area contributed by atoms with E-state index in [1.807, 2.05) is 18.2 Å². The Bertz CT molecular complexity index is 345. The summed E-state index contributed by atoms with van der Waals surface area (Å²) in [5.41, 5.74) is 0.826. The van der Waals surface area contributed by atoms with Gasteiger partial charge in [-0.2, -0.15) is 0 Å². The normalized spacial score (nSPS) is 17.8. The van der Waals surface area contributed by atoms with Gasteiger partial charge in [-0.05, 0) is 38.1 Å². The summed E-state index contributed by atoms with van der Waals surface area (Å²) in [6.07, 6.45) is 8.78. The fourth-order valence-corrected chi connectivity index (χ4v) is 2.13. The molecule has 1 aromatic heterocycles. The Balaban J connectivity index is 1.62. The Morgan fingerprint density at radius 1 is 1.22 bits per heavy atom. The van der Waals surface area contributed by atoms with E-state index in [1.54, 1.807) is 12.4 Å². The number of rotatable bonds is 5. The summed E-state index contributed by atoms with van der Waals surface area (Å²) in [7, 11) is 0. The first kappa shape index (κ1) is 13.0. The van der Waals surface area contributed by atoms with Crippen molar-refractivity contribution in [3.63, 3.8) is 0 Å². The molecule has 0 amide bonds. The second-order valence-electron chi connectivity index (χ2n) is 4.58. The molecule has 0 atom stereocenters. The third kappa shape index (κ3) is 4.84. The van der Waals surface area contributed by atoms with E-state index < -0.39 is 0 Å². The van der Waals surface area contributed by atoms with E-state index in [1.165, 1.54) is 38.8 Å². The van der Waals surface area contributed by atoms with Crippen LogP contribution in [0.3, 0.4) is 0 Å². The van der Waals surface area contributed by atoms with E-state index in [4.69, 9.17) is 4.84 Å². The van der Waals surface area contributed by atoms with Crippen molar-refractivity contribution >= 4 is 6.21 Å². The van der Waals surface area contributed by atoms with Gasteiger partial charge in [0.1, 0.15) is 6.61 Å². The zero-order valence-corrected chi connectivity index (χ0v) is 10.8. The second kappa shape index (κ2) is 7.82. The highest BCUT2D eigenvalue weighted by Gasteiger charge is 2.07. The fourth-order valence-electron chi connectivity index (χ4n) is 2.13. The lowest BCUT2D eigenvalue weighted by molar-refractivity contribution is 0.113. The van der Waals surface area contributed by atoms with Crippen molar-refractivity contribution in [1.29, 1.82) is 0 Å². The van der Waals surface area contributed by atoms with Gasteiger partial charge in [0.05, 0.1) is 11.9 Å². The van der Waals surface area contributed by atoms with Gasteiger partial charge in [0.2, 0.25) is 0 Å². The summed E-state index contributed by atoms with van der Waals surface area (Å²) in [4.78, 5) is 11.9. The zero-order valence-electron chi connectivity index (χ0n) is 10.8. The number of aromatic nitrogens is 1. The predicted octanol–water partition coefficient (Wildman–Crippen LogP) is 2.31. The van der Waals surface area contributed by atoms with E-state index in [0.29, 0.717) is 6.61 Å². The average molecular weight is 247 g/mol. The van der Waals surface area contributed by atoms with Gasteiger partial charge in [0, 0.05) is 12.7 Å². The number of oxime groups is 1. The van der Waals surface area contributed by atoms with Crippen LogP contribution in [-0.2, 0) is 4.84 Å². The molecule has 1 fully saturated rings. The standard InChI is InChI=1S/C14H21N3O/c1-2-6-10-17(9-5-1)11-12-18-16-13-14-7-3-4-8-15-14/h3-4,7-8,13H,1-2,5-6,9-12H2/b16-13+. The molecule has 1 aliphatic rings. The molecule has 0 N–H and O–H groups in total. The fraction of sp³-hybridized carbons (Fsp3) is 0.571. The van der Waals surface area contributed by atoms with Crippen LogP contribution in [0.25, 0.3) is 0 Å². The van der Waals surface area contributed by atoms with Crippen molar-refractivity contribution in [3.05, 3.63) is 30.1 Å². The molecule has 0 aliphatic carbocycles. The molecular weight excluding hydrogens is 226 g/mol. The van der Waals surface area contributed by atoms with Gasteiger partial charge in [-0.25, -0.2) is 0 Å². The highest BCUT2D eigenvalue weighted by atomic mass is 16.6. The maximum absolute atomic E-state index is 5.27. The Morgan fingerprint density at radius 2 is 2.06 bits per heavy atom. The van der Waals surface area contributed by atoms with Crippen LogP contribution in [-0.4, -0.2) is 42.3 Å². The van der Waals surface area contributed by atoms with E-state index in [2.05, 4.69) is 15.0 Å². The molecule has 0 saturated carbocycles. The smallest absolute Gasteiger partial charge is 0.129 e. The van der Waals surface area contributed by atoms with Gasteiger partial charge in [0.15, 0.2) is 0 Å². The summed E-state index contributed by atoms with van der Waals surface area (Å²) < 4.78 is 0. The number of hydrogen-bond acceptors (Lipinski definition) is 4. The van der Waals surface area contributed by atoms with Crippen LogP contribution in [0.5, 0.6) is 0 Å². The van der Waals surface area contributed by atoms with Crippen molar-refractivity contribution in [2.75, 3.05) is 26.2 Å². The molecule has 4 heteroatoms. The predicted molar refractivity (Wildman–Crippen MR) is 72.7 cm³/mol. The van der Waals surface area contributed by atoms with Gasteiger partial charge >= 0.3 is 0 Å². The minimum absolute atomic E-state index is 0.656. The van der Waals surface area contributed by atoms with Crippen molar-refractivity contribution < 1.29 is 4.84 Å². The number of likely N-dealkylation sites (tertiary alicyclic amines) is 1. The van der Waals surface area contributed by atoms with Crippen molar-refractivity contribution in [2.45, 2.75) is 25.7 Å². The minimum Gasteiger partial charge on any atom is -0.394 e. The molecule has 0 spiro atoms. The SMILES string of the molecule is C(=N\OCCN1CCCCCC1)/c1ccccn1. The lowest BCUT2D eigenvalue weighted by atomic mass is 10.2. The van der Waals surface area contributed by atoms with Crippen molar-refractivity contribution in [1.82, 2.24) is 9.88 Å². The van der Waals surface area contributed by atoms with Crippen molar-refractivity contribution in [3.8, 4) is 0 Å².